The molecule has 96 valence electrons. The second kappa shape index (κ2) is 4.61. The molecule has 0 saturated heterocycles. The highest BCUT2D eigenvalue weighted by Gasteiger charge is 2.06. The van der Waals surface area contributed by atoms with Gasteiger partial charge in [-0.1, -0.05) is 24.3 Å². The fourth-order valence-electron chi connectivity index (χ4n) is 2.17. The lowest BCUT2D eigenvalue weighted by Gasteiger charge is -2.07. The number of aromatic amines is 2. The number of hydrogen-bond acceptors (Lipinski definition) is 3. The Kier molecular flexibility index (Phi) is 2.79. The molecule has 5 nitrogen and oxygen atoms in total. The number of fused-ring (bicyclic) bond motifs is 1. The van der Waals surface area contributed by atoms with Gasteiger partial charge in [0.2, 0.25) is 0 Å². The lowest BCUT2D eigenvalue weighted by Crippen LogP contribution is -2.01. The summed E-state index contributed by atoms with van der Waals surface area (Å²) >= 11 is 0. The number of aromatic nitrogens is 3. The summed E-state index contributed by atoms with van der Waals surface area (Å²) < 4.78 is 5.25. The molecule has 0 amide bonds. The number of H-pyrrole nitrogens is 2. The Morgan fingerprint density at radius 1 is 1.26 bits per heavy atom. The minimum atomic E-state index is -0.284. The van der Waals surface area contributed by atoms with Crippen molar-refractivity contribution < 1.29 is 4.74 Å². The number of benzene rings is 2. The SMILES string of the molecule is COc1ccc2cccc(Cc3n[nH]c(=O)[nH]3)c2c1. The van der Waals surface area contributed by atoms with Gasteiger partial charge in [0.15, 0.2) is 0 Å². The maximum absolute atomic E-state index is 11.1. The van der Waals surface area contributed by atoms with Gasteiger partial charge in [0.25, 0.3) is 0 Å². The van der Waals surface area contributed by atoms with E-state index >= 15 is 0 Å². The molecule has 3 rings (SSSR count). The van der Waals surface area contributed by atoms with E-state index < -0.39 is 0 Å². The second-order valence-corrected chi connectivity index (χ2v) is 4.31. The van der Waals surface area contributed by atoms with Gasteiger partial charge in [-0.05, 0) is 28.5 Å². The fourth-order valence-corrected chi connectivity index (χ4v) is 2.17. The predicted molar refractivity (Wildman–Crippen MR) is 72.5 cm³/mol. The van der Waals surface area contributed by atoms with Crippen molar-refractivity contribution in [2.45, 2.75) is 6.42 Å². The summed E-state index contributed by atoms with van der Waals surface area (Å²) in [6.45, 7) is 0. The van der Waals surface area contributed by atoms with E-state index in [2.05, 4.69) is 15.2 Å². The summed E-state index contributed by atoms with van der Waals surface area (Å²) in [6.07, 6.45) is 0.573. The first-order valence-electron chi connectivity index (χ1n) is 5.95. The third-order valence-electron chi connectivity index (χ3n) is 3.09. The van der Waals surface area contributed by atoms with Gasteiger partial charge in [0, 0.05) is 6.42 Å². The molecule has 0 aliphatic heterocycles. The third-order valence-corrected chi connectivity index (χ3v) is 3.09. The van der Waals surface area contributed by atoms with Gasteiger partial charge < -0.3 is 4.74 Å². The molecule has 19 heavy (non-hydrogen) atoms. The first kappa shape index (κ1) is 11.5. The van der Waals surface area contributed by atoms with Gasteiger partial charge in [0.05, 0.1) is 7.11 Å². The molecule has 0 unspecified atom stereocenters. The average Bonchev–Trinajstić information content (AvgIpc) is 2.84. The van der Waals surface area contributed by atoms with Crippen LogP contribution in [0.25, 0.3) is 10.8 Å². The van der Waals surface area contributed by atoms with Crippen molar-refractivity contribution in [3.8, 4) is 5.75 Å². The quantitative estimate of drug-likeness (QED) is 0.750. The summed E-state index contributed by atoms with van der Waals surface area (Å²) in [5.41, 5.74) is 0.812. The number of rotatable bonds is 3. The van der Waals surface area contributed by atoms with Crippen LogP contribution < -0.4 is 10.4 Å². The van der Waals surface area contributed by atoms with Crippen LogP contribution in [0.15, 0.2) is 41.2 Å². The van der Waals surface area contributed by atoms with E-state index in [-0.39, 0.29) is 5.69 Å². The van der Waals surface area contributed by atoms with Crippen molar-refractivity contribution in [1.82, 2.24) is 15.2 Å². The molecule has 2 N–H and O–H groups in total. The number of methoxy groups -OCH3 is 1. The summed E-state index contributed by atoms with van der Waals surface area (Å²) in [5.74, 6) is 1.44. The zero-order chi connectivity index (χ0) is 13.2. The lowest BCUT2D eigenvalue weighted by atomic mass is 10.0. The van der Waals surface area contributed by atoms with Gasteiger partial charge >= 0.3 is 5.69 Å². The van der Waals surface area contributed by atoms with Crippen LogP contribution in [0.2, 0.25) is 0 Å². The Morgan fingerprint density at radius 2 is 2.16 bits per heavy atom. The Labute approximate surface area is 109 Å². The number of nitrogens with zero attached hydrogens (tertiary/aromatic N) is 1. The molecule has 0 bridgehead atoms. The van der Waals surface area contributed by atoms with E-state index in [1.807, 2.05) is 36.4 Å². The first-order chi connectivity index (χ1) is 9.26. The summed E-state index contributed by atoms with van der Waals surface area (Å²) in [4.78, 5) is 13.7. The number of nitrogens with one attached hydrogen (secondary N) is 2. The molecule has 2 aromatic carbocycles. The van der Waals surface area contributed by atoms with Crippen molar-refractivity contribution >= 4 is 10.8 Å². The molecule has 0 saturated carbocycles. The third kappa shape index (κ3) is 2.22. The standard InChI is InChI=1S/C14H13N3O2/c1-19-11-6-5-9-3-2-4-10(12(9)8-11)7-13-15-14(18)17-16-13/h2-6,8H,7H2,1H3,(H2,15,16,17,18). The molecule has 0 aliphatic rings. The maximum atomic E-state index is 11.1. The highest BCUT2D eigenvalue weighted by molar-refractivity contribution is 5.87. The summed E-state index contributed by atoms with van der Waals surface area (Å²) in [6, 6.07) is 12.0. The van der Waals surface area contributed by atoms with Gasteiger partial charge in [-0.3, -0.25) is 4.98 Å². The zero-order valence-corrected chi connectivity index (χ0v) is 10.4. The molecule has 0 atom stereocenters. The second-order valence-electron chi connectivity index (χ2n) is 4.31. The van der Waals surface area contributed by atoms with Crippen molar-refractivity contribution in [3.63, 3.8) is 0 Å². The molecule has 0 spiro atoms. The zero-order valence-electron chi connectivity index (χ0n) is 10.4. The van der Waals surface area contributed by atoms with Gasteiger partial charge in [-0.2, -0.15) is 5.10 Å². The molecule has 1 aromatic heterocycles. The summed E-state index contributed by atoms with van der Waals surface area (Å²) in [7, 11) is 1.65. The van der Waals surface area contributed by atoms with Crippen LogP contribution >= 0.6 is 0 Å². The van der Waals surface area contributed by atoms with Crippen molar-refractivity contribution in [1.29, 1.82) is 0 Å². The predicted octanol–water partition coefficient (Wildman–Crippen LogP) is 1.85. The molecule has 0 aliphatic carbocycles. The maximum Gasteiger partial charge on any atom is 0.340 e. The highest BCUT2D eigenvalue weighted by atomic mass is 16.5. The van der Waals surface area contributed by atoms with Crippen LogP contribution in [0.5, 0.6) is 5.75 Å². The normalized spacial score (nSPS) is 10.8. The van der Waals surface area contributed by atoms with Crippen LogP contribution in [-0.4, -0.2) is 22.3 Å². The topological polar surface area (TPSA) is 70.8 Å². The van der Waals surface area contributed by atoms with Crippen LogP contribution in [0, 0.1) is 0 Å². The van der Waals surface area contributed by atoms with Crippen molar-refractivity contribution in [3.05, 3.63) is 58.3 Å². The van der Waals surface area contributed by atoms with Crippen molar-refractivity contribution in [2.75, 3.05) is 7.11 Å². The molecule has 0 radical (unpaired) electrons. The van der Waals surface area contributed by atoms with E-state index in [1.54, 1.807) is 7.11 Å². The van der Waals surface area contributed by atoms with Crippen LogP contribution in [0.1, 0.15) is 11.4 Å². The smallest absolute Gasteiger partial charge is 0.340 e. The highest BCUT2D eigenvalue weighted by Crippen LogP contribution is 2.25. The Bertz CT molecular complexity index is 773. The molecule has 5 heteroatoms. The van der Waals surface area contributed by atoms with Crippen LogP contribution in [0.3, 0.4) is 0 Å². The average molecular weight is 255 g/mol. The minimum absolute atomic E-state index is 0.284. The monoisotopic (exact) mass is 255 g/mol. The lowest BCUT2D eigenvalue weighted by molar-refractivity contribution is 0.415. The molecular weight excluding hydrogens is 242 g/mol. The summed E-state index contributed by atoms with van der Waals surface area (Å²) in [5, 5.41) is 8.55. The minimum Gasteiger partial charge on any atom is -0.497 e. The Hall–Kier alpha value is -2.56. The van der Waals surface area contributed by atoms with Crippen LogP contribution in [-0.2, 0) is 6.42 Å². The molecule has 1 heterocycles. The molecule has 3 aromatic rings. The largest absolute Gasteiger partial charge is 0.497 e. The van der Waals surface area contributed by atoms with Crippen molar-refractivity contribution in [2.24, 2.45) is 0 Å². The Morgan fingerprint density at radius 3 is 2.89 bits per heavy atom. The number of ether oxygens (including phenoxy) is 1. The van der Waals surface area contributed by atoms with E-state index in [0.29, 0.717) is 12.2 Å². The first-order valence-corrected chi connectivity index (χ1v) is 5.95. The van der Waals surface area contributed by atoms with Crippen LogP contribution in [0.4, 0.5) is 0 Å². The number of hydrogen-bond donors (Lipinski definition) is 2. The van der Waals surface area contributed by atoms with E-state index in [4.69, 9.17) is 4.74 Å². The van der Waals surface area contributed by atoms with E-state index in [9.17, 15) is 4.79 Å². The molecular formula is C14H13N3O2. The molecule has 0 fully saturated rings. The Balaban J connectivity index is 2.09. The van der Waals surface area contributed by atoms with Gasteiger partial charge in [0.1, 0.15) is 11.6 Å². The van der Waals surface area contributed by atoms with E-state index in [0.717, 1.165) is 22.1 Å². The van der Waals surface area contributed by atoms with E-state index in [1.165, 1.54) is 0 Å². The fraction of sp³-hybridized carbons (Fsp3) is 0.143. The van der Waals surface area contributed by atoms with Gasteiger partial charge in [-0.15, -0.1) is 0 Å². The van der Waals surface area contributed by atoms with Gasteiger partial charge in [-0.25, -0.2) is 9.89 Å².